The van der Waals surface area contributed by atoms with Crippen molar-refractivity contribution >= 4 is 5.97 Å². The van der Waals surface area contributed by atoms with E-state index >= 15 is 0 Å². The SMILES string of the molecule is COC(=O)C1CC=CC(C)=C1N. The summed E-state index contributed by atoms with van der Waals surface area (Å²) in [5, 5.41) is 0. The zero-order valence-electron chi connectivity index (χ0n) is 7.33. The molecule has 0 fully saturated rings. The summed E-state index contributed by atoms with van der Waals surface area (Å²) in [5.74, 6) is -0.531. The molecule has 0 saturated carbocycles. The van der Waals surface area contributed by atoms with Gasteiger partial charge in [0.1, 0.15) is 0 Å². The van der Waals surface area contributed by atoms with E-state index in [1.807, 2.05) is 19.1 Å². The lowest BCUT2D eigenvalue weighted by molar-refractivity contribution is -0.144. The highest BCUT2D eigenvalue weighted by Crippen LogP contribution is 2.22. The first-order valence-corrected chi connectivity index (χ1v) is 3.87. The molecule has 0 heterocycles. The van der Waals surface area contributed by atoms with Crippen LogP contribution in [0.5, 0.6) is 0 Å². The average Bonchev–Trinajstić information content (AvgIpc) is 2.08. The molecular weight excluding hydrogens is 154 g/mol. The number of methoxy groups -OCH3 is 1. The fourth-order valence-corrected chi connectivity index (χ4v) is 1.24. The van der Waals surface area contributed by atoms with E-state index in [1.54, 1.807) is 0 Å². The van der Waals surface area contributed by atoms with Gasteiger partial charge < -0.3 is 10.5 Å². The van der Waals surface area contributed by atoms with Gasteiger partial charge in [-0.1, -0.05) is 12.2 Å². The van der Waals surface area contributed by atoms with Crippen LogP contribution in [0.25, 0.3) is 0 Å². The number of hydrogen-bond donors (Lipinski definition) is 1. The Bertz CT molecular complexity index is 253. The van der Waals surface area contributed by atoms with E-state index in [1.165, 1.54) is 7.11 Å². The minimum atomic E-state index is -0.278. The molecule has 1 unspecified atom stereocenters. The molecule has 1 rings (SSSR count). The molecule has 2 N–H and O–H groups in total. The van der Waals surface area contributed by atoms with Gasteiger partial charge in [0, 0.05) is 5.70 Å². The zero-order valence-corrected chi connectivity index (χ0v) is 7.33. The van der Waals surface area contributed by atoms with Gasteiger partial charge in [0.2, 0.25) is 0 Å². The molecule has 0 saturated heterocycles. The summed E-state index contributed by atoms with van der Waals surface area (Å²) in [6.07, 6.45) is 4.51. The number of carbonyl (C=O) groups is 1. The van der Waals surface area contributed by atoms with Crippen LogP contribution in [-0.4, -0.2) is 13.1 Å². The molecule has 0 aliphatic heterocycles. The molecule has 0 radical (unpaired) electrons. The number of esters is 1. The highest BCUT2D eigenvalue weighted by molar-refractivity contribution is 5.76. The van der Waals surface area contributed by atoms with Crippen molar-refractivity contribution in [3.63, 3.8) is 0 Å². The van der Waals surface area contributed by atoms with Crippen molar-refractivity contribution in [3.05, 3.63) is 23.4 Å². The van der Waals surface area contributed by atoms with Gasteiger partial charge in [0.25, 0.3) is 0 Å². The minimum absolute atomic E-state index is 0.254. The second kappa shape index (κ2) is 3.43. The van der Waals surface area contributed by atoms with Gasteiger partial charge in [-0.3, -0.25) is 4.79 Å². The molecule has 3 heteroatoms. The smallest absolute Gasteiger partial charge is 0.314 e. The Morgan fingerprint density at radius 2 is 2.42 bits per heavy atom. The minimum Gasteiger partial charge on any atom is -0.468 e. The van der Waals surface area contributed by atoms with E-state index in [0.29, 0.717) is 12.1 Å². The van der Waals surface area contributed by atoms with Gasteiger partial charge in [-0.15, -0.1) is 0 Å². The lowest BCUT2D eigenvalue weighted by Crippen LogP contribution is -2.25. The Labute approximate surface area is 71.9 Å². The lowest BCUT2D eigenvalue weighted by atomic mass is 9.93. The first kappa shape index (κ1) is 8.84. The summed E-state index contributed by atoms with van der Waals surface area (Å²) < 4.78 is 4.62. The summed E-state index contributed by atoms with van der Waals surface area (Å²) in [4.78, 5) is 11.2. The third-order valence-electron chi connectivity index (χ3n) is 2.06. The fraction of sp³-hybridized carbons (Fsp3) is 0.444. The number of allylic oxidation sites excluding steroid dienone is 3. The van der Waals surface area contributed by atoms with Crippen LogP contribution >= 0.6 is 0 Å². The molecule has 3 nitrogen and oxygen atoms in total. The predicted molar refractivity (Wildman–Crippen MR) is 46.2 cm³/mol. The first-order valence-electron chi connectivity index (χ1n) is 3.87. The van der Waals surface area contributed by atoms with Crippen LogP contribution in [0.2, 0.25) is 0 Å². The van der Waals surface area contributed by atoms with Crippen molar-refractivity contribution in [2.24, 2.45) is 11.7 Å². The van der Waals surface area contributed by atoms with Crippen LogP contribution < -0.4 is 5.73 Å². The summed E-state index contributed by atoms with van der Waals surface area (Å²) in [6.45, 7) is 1.89. The van der Waals surface area contributed by atoms with E-state index in [0.717, 1.165) is 5.57 Å². The average molecular weight is 167 g/mol. The van der Waals surface area contributed by atoms with E-state index in [-0.39, 0.29) is 11.9 Å². The molecule has 0 aromatic carbocycles. The van der Waals surface area contributed by atoms with Crippen molar-refractivity contribution in [1.82, 2.24) is 0 Å². The normalized spacial score (nSPS) is 22.7. The van der Waals surface area contributed by atoms with Crippen molar-refractivity contribution in [3.8, 4) is 0 Å². The quantitative estimate of drug-likeness (QED) is 0.592. The fourth-order valence-electron chi connectivity index (χ4n) is 1.24. The van der Waals surface area contributed by atoms with Gasteiger partial charge in [0.05, 0.1) is 13.0 Å². The van der Waals surface area contributed by atoms with Crippen molar-refractivity contribution in [1.29, 1.82) is 0 Å². The van der Waals surface area contributed by atoms with Gasteiger partial charge >= 0.3 is 5.97 Å². The molecule has 0 bridgehead atoms. The first-order chi connectivity index (χ1) is 5.66. The number of carbonyl (C=O) groups excluding carboxylic acids is 1. The zero-order chi connectivity index (χ0) is 9.14. The van der Waals surface area contributed by atoms with Crippen molar-refractivity contribution in [2.75, 3.05) is 7.11 Å². The molecular formula is C9H13NO2. The van der Waals surface area contributed by atoms with E-state index in [4.69, 9.17) is 5.73 Å². The topological polar surface area (TPSA) is 52.3 Å². The maximum atomic E-state index is 11.2. The van der Waals surface area contributed by atoms with E-state index in [2.05, 4.69) is 4.74 Å². The standard InChI is InChI=1S/C9H13NO2/c1-6-4-3-5-7(8(6)10)9(11)12-2/h3-4,7H,5,10H2,1-2H3. The van der Waals surface area contributed by atoms with Gasteiger partial charge in [-0.05, 0) is 18.9 Å². The van der Waals surface area contributed by atoms with Crippen LogP contribution in [0, 0.1) is 5.92 Å². The molecule has 0 spiro atoms. The molecule has 0 aromatic heterocycles. The third-order valence-corrected chi connectivity index (χ3v) is 2.06. The molecule has 0 aromatic rings. The largest absolute Gasteiger partial charge is 0.468 e. The van der Waals surface area contributed by atoms with Crippen LogP contribution in [0.1, 0.15) is 13.3 Å². The summed E-state index contributed by atoms with van der Waals surface area (Å²) >= 11 is 0. The van der Waals surface area contributed by atoms with Crippen LogP contribution in [0.3, 0.4) is 0 Å². The highest BCUT2D eigenvalue weighted by atomic mass is 16.5. The summed E-state index contributed by atoms with van der Waals surface area (Å²) in [5.41, 5.74) is 7.31. The number of nitrogens with two attached hydrogens (primary N) is 1. The number of hydrogen-bond acceptors (Lipinski definition) is 3. The van der Waals surface area contributed by atoms with Crippen molar-refractivity contribution in [2.45, 2.75) is 13.3 Å². The lowest BCUT2D eigenvalue weighted by Gasteiger charge is -2.18. The monoisotopic (exact) mass is 167 g/mol. The van der Waals surface area contributed by atoms with E-state index in [9.17, 15) is 4.79 Å². The van der Waals surface area contributed by atoms with Gasteiger partial charge in [-0.2, -0.15) is 0 Å². The maximum Gasteiger partial charge on any atom is 0.314 e. The maximum absolute atomic E-state index is 11.2. The van der Waals surface area contributed by atoms with E-state index < -0.39 is 0 Å². The summed E-state index contributed by atoms with van der Waals surface area (Å²) in [6, 6.07) is 0. The molecule has 66 valence electrons. The molecule has 0 amide bonds. The summed E-state index contributed by atoms with van der Waals surface area (Å²) in [7, 11) is 1.38. The van der Waals surface area contributed by atoms with Crippen LogP contribution in [0.4, 0.5) is 0 Å². The van der Waals surface area contributed by atoms with Crippen LogP contribution in [0.15, 0.2) is 23.4 Å². The Hall–Kier alpha value is -1.25. The third kappa shape index (κ3) is 1.49. The Morgan fingerprint density at radius 3 is 3.00 bits per heavy atom. The molecule has 12 heavy (non-hydrogen) atoms. The number of rotatable bonds is 1. The molecule has 1 aliphatic carbocycles. The van der Waals surface area contributed by atoms with Crippen LogP contribution in [-0.2, 0) is 9.53 Å². The number of ether oxygens (including phenoxy) is 1. The second-order valence-corrected chi connectivity index (χ2v) is 2.85. The van der Waals surface area contributed by atoms with Gasteiger partial charge in [0.15, 0.2) is 0 Å². The second-order valence-electron chi connectivity index (χ2n) is 2.85. The Morgan fingerprint density at radius 1 is 1.75 bits per heavy atom. The predicted octanol–water partition coefficient (Wildman–Crippen LogP) is 0.968. The van der Waals surface area contributed by atoms with Crippen molar-refractivity contribution < 1.29 is 9.53 Å². The molecule has 1 atom stereocenters. The molecule has 1 aliphatic rings. The van der Waals surface area contributed by atoms with Gasteiger partial charge in [-0.25, -0.2) is 0 Å². The Balaban J connectivity index is 2.83. The Kier molecular flexibility index (Phi) is 2.53. The highest BCUT2D eigenvalue weighted by Gasteiger charge is 2.23.